The van der Waals surface area contributed by atoms with Crippen molar-refractivity contribution in [3.8, 4) is 12.1 Å². The van der Waals surface area contributed by atoms with Crippen molar-refractivity contribution in [2.75, 3.05) is 56.7 Å². The molecule has 0 N–H and O–H groups in total. The summed E-state index contributed by atoms with van der Waals surface area (Å²) in [5.41, 5.74) is 3.25. The molecule has 6 rings (SSSR count). The van der Waals surface area contributed by atoms with E-state index in [0.717, 1.165) is 30.0 Å². The quantitative estimate of drug-likeness (QED) is 0.419. The molecule has 0 radical (unpaired) electrons. The Hall–Kier alpha value is -4.16. The Morgan fingerprint density at radius 3 is 2.57 bits per heavy atom. The van der Waals surface area contributed by atoms with E-state index in [2.05, 4.69) is 83.8 Å². The van der Waals surface area contributed by atoms with Crippen LogP contribution in [0.3, 0.4) is 0 Å². The van der Waals surface area contributed by atoms with Crippen molar-refractivity contribution < 1.29 is 9.53 Å². The van der Waals surface area contributed by atoms with Crippen LogP contribution < -0.4 is 14.5 Å². The molecule has 3 aliphatic rings. The Balaban J connectivity index is 0.000000524. The van der Waals surface area contributed by atoms with E-state index in [1.807, 2.05) is 0 Å². The number of carbonyl (C=O) groups is 1. The molecular weight excluding hydrogens is 526 g/mol. The van der Waals surface area contributed by atoms with Crippen molar-refractivity contribution in [2.24, 2.45) is 0 Å². The molecule has 42 heavy (non-hydrogen) atoms. The molecule has 0 unspecified atom stereocenters. The summed E-state index contributed by atoms with van der Waals surface area (Å²) in [7, 11) is 3.76. The summed E-state index contributed by atoms with van der Waals surface area (Å²) in [5, 5.41) is 11.9. The van der Waals surface area contributed by atoms with Gasteiger partial charge in [-0.15, -0.1) is 0 Å². The van der Waals surface area contributed by atoms with Crippen molar-refractivity contribution in [3.63, 3.8) is 0 Å². The van der Waals surface area contributed by atoms with Gasteiger partial charge in [0, 0.05) is 42.3 Å². The van der Waals surface area contributed by atoms with Gasteiger partial charge in [-0.2, -0.15) is 15.2 Å². The molecular formula is C33H41N7O2. The number of fused-ring (bicyclic) bond motifs is 2. The van der Waals surface area contributed by atoms with E-state index < -0.39 is 0 Å². The molecule has 2 saturated heterocycles. The number of hydrogen-bond donors (Lipinski definition) is 0. The van der Waals surface area contributed by atoms with Gasteiger partial charge in [0.15, 0.2) is 0 Å². The predicted molar refractivity (Wildman–Crippen MR) is 167 cm³/mol. The van der Waals surface area contributed by atoms with E-state index >= 15 is 0 Å². The third kappa shape index (κ3) is 6.19. The number of hydrogen-bond acceptors (Lipinski definition) is 8. The molecule has 2 aromatic carbocycles. The molecule has 2 fully saturated rings. The largest absolute Gasteiger partial charge is 0.467 e. The van der Waals surface area contributed by atoms with Crippen molar-refractivity contribution in [2.45, 2.75) is 51.2 Å². The fraction of sp³-hybridized carbons (Fsp3) is 0.455. The maximum absolute atomic E-state index is 12.5. The fourth-order valence-corrected chi connectivity index (χ4v) is 6.28. The van der Waals surface area contributed by atoms with Crippen molar-refractivity contribution in [1.82, 2.24) is 19.8 Å². The van der Waals surface area contributed by atoms with Gasteiger partial charge in [-0.25, -0.2) is 0 Å². The highest BCUT2D eigenvalue weighted by molar-refractivity contribution is 5.94. The lowest BCUT2D eigenvalue weighted by atomic mass is 9.99. The van der Waals surface area contributed by atoms with Crippen molar-refractivity contribution >= 4 is 28.2 Å². The van der Waals surface area contributed by atoms with Crippen LogP contribution in [0.15, 0.2) is 55.1 Å². The molecule has 9 heteroatoms. The third-order valence-corrected chi connectivity index (χ3v) is 8.54. The van der Waals surface area contributed by atoms with E-state index in [-0.39, 0.29) is 24.4 Å². The maximum atomic E-state index is 12.5. The van der Waals surface area contributed by atoms with Gasteiger partial charge in [-0.05, 0) is 63.9 Å². The SMILES string of the molecule is C=CC(=O)N1C[C@H](C)N(c2nc(OC)nc3c2CCN(c2cccc4ccccc24)C3)C[C@@H]1CC#N.CN1CCCC1. The number of methoxy groups -OCH3 is 1. The van der Waals surface area contributed by atoms with Gasteiger partial charge in [-0.1, -0.05) is 43.0 Å². The lowest BCUT2D eigenvalue weighted by molar-refractivity contribution is -0.129. The first-order valence-corrected chi connectivity index (χ1v) is 14.8. The zero-order chi connectivity index (χ0) is 29.6. The number of benzene rings is 2. The third-order valence-electron chi connectivity index (χ3n) is 8.54. The number of nitriles is 1. The summed E-state index contributed by atoms with van der Waals surface area (Å²) >= 11 is 0. The fourth-order valence-electron chi connectivity index (χ4n) is 6.28. The highest BCUT2D eigenvalue weighted by atomic mass is 16.5. The van der Waals surface area contributed by atoms with Crippen LogP contribution in [-0.2, 0) is 17.8 Å². The zero-order valence-electron chi connectivity index (χ0n) is 25.0. The molecule has 9 nitrogen and oxygen atoms in total. The minimum Gasteiger partial charge on any atom is -0.467 e. The molecule has 3 aromatic rings. The summed E-state index contributed by atoms with van der Waals surface area (Å²) in [6, 6.07) is 17.2. The van der Waals surface area contributed by atoms with Crippen LogP contribution in [0.25, 0.3) is 10.8 Å². The van der Waals surface area contributed by atoms with E-state index in [1.165, 1.54) is 48.5 Å². The summed E-state index contributed by atoms with van der Waals surface area (Å²) in [6.07, 6.45) is 5.19. The second kappa shape index (κ2) is 13.2. The molecule has 0 bridgehead atoms. The summed E-state index contributed by atoms with van der Waals surface area (Å²) in [4.78, 5) is 30.7. The second-order valence-electron chi connectivity index (χ2n) is 11.4. The molecule has 1 amide bonds. The Morgan fingerprint density at radius 1 is 1.12 bits per heavy atom. The van der Waals surface area contributed by atoms with Gasteiger partial charge in [0.25, 0.3) is 0 Å². The average molecular weight is 568 g/mol. The van der Waals surface area contributed by atoms with Crippen LogP contribution >= 0.6 is 0 Å². The van der Waals surface area contributed by atoms with Crippen LogP contribution in [0, 0.1) is 11.3 Å². The van der Waals surface area contributed by atoms with Gasteiger partial charge in [0.1, 0.15) is 5.82 Å². The minimum absolute atomic E-state index is 0.0173. The number of ether oxygens (including phenoxy) is 1. The smallest absolute Gasteiger partial charge is 0.318 e. The Morgan fingerprint density at radius 2 is 1.88 bits per heavy atom. The van der Waals surface area contributed by atoms with E-state index in [1.54, 1.807) is 12.0 Å². The zero-order valence-corrected chi connectivity index (χ0v) is 25.0. The van der Waals surface area contributed by atoms with Gasteiger partial charge in [0.2, 0.25) is 5.91 Å². The number of amides is 1. The van der Waals surface area contributed by atoms with E-state index in [4.69, 9.17) is 14.7 Å². The highest BCUT2D eigenvalue weighted by Crippen LogP contribution is 2.35. The average Bonchev–Trinajstić information content (AvgIpc) is 3.51. The number of aromatic nitrogens is 2. The molecule has 1 aromatic heterocycles. The Kier molecular flexibility index (Phi) is 9.23. The summed E-state index contributed by atoms with van der Waals surface area (Å²) < 4.78 is 5.51. The normalized spacial score (nSPS) is 20.4. The standard InChI is InChI=1S/C28H30N6O2.C5H11N/c1-4-26(35)34-16-19(2)33(17-21(34)12-14-29)27-23-13-15-32(18-24(23)30-28(31-27)36-3)25-11-7-9-20-8-5-6-10-22(20)25;1-6-4-2-3-5-6/h4-11,19,21H,1,12-13,15-18H2,2-3H3;2-5H2,1H3/t19-,21-;/m0./s1. The van der Waals surface area contributed by atoms with Gasteiger partial charge < -0.3 is 24.3 Å². The predicted octanol–water partition coefficient (Wildman–Crippen LogP) is 4.42. The molecule has 3 aliphatic heterocycles. The number of rotatable bonds is 5. The molecule has 0 saturated carbocycles. The van der Waals surface area contributed by atoms with Gasteiger partial charge in [-0.3, -0.25) is 4.79 Å². The van der Waals surface area contributed by atoms with E-state index in [0.29, 0.717) is 25.6 Å². The van der Waals surface area contributed by atoms with Crippen LogP contribution in [0.2, 0.25) is 0 Å². The van der Waals surface area contributed by atoms with E-state index in [9.17, 15) is 10.1 Å². The summed E-state index contributed by atoms with van der Waals surface area (Å²) in [5.74, 6) is 0.699. The molecule has 4 heterocycles. The number of anilines is 2. The molecule has 0 spiro atoms. The monoisotopic (exact) mass is 567 g/mol. The van der Waals surface area contributed by atoms with Crippen LogP contribution in [0.1, 0.15) is 37.4 Å². The molecule has 220 valence electrons. The second-order valence-corrected chi connectivity index (χ2v) is 11.4. The maximum Gasteiger partial charge on any atom is 0.318 e. The van der Waals surface area contributed by atoms with Crippen LogP contribution in [-0.4, -0.2) is 84.6 Å². The number of likely N-dealkylation sites (tertiary alicyclic amines) is 1. The van der Waals surface area contributed by atoms with Crippen LogP contribution in [0.4, 0.5) is 11.5 Å². The van der Waals surface area contributed by atoms with Crippen LogP contribution in [0.5, 0.6) is 6.01 Å². The van der Waals surface area contributed by atoms with Gasteiger partial charge in [0.05, 0.1) is 37.9 Å². The Bertz CT molecular complexity index is 1460. The topological polar surface area (TPSA) is 88.8 Å². The lowest BCUT2D eigenvalue weighted by Gasteiger charge is -2.46. The first kappa shape index (κ1) is 29.3. The van der Waals surface area contributed by atoms with Gasteiger partial charge >= 0.3 is 6.01 Å². The lowest BCUT2D eigenvalue weighted by Crippen LogP contribution is -2.59. The van der Waals surface area contributed by atoms with Crippen molar-refractivity contribution in [3.05, 3.63) is 66.4 Å². The summed E-state index contributed by atoms with van der Waals surface area (Å²) in [6.45, 7) is 10.9. The number of carbonyl (C=O) groups excluding carboxylic acids is 1. The molecule has 0 aliphatic carbocycles. The highest BCUT2D eigenvalue weighted by Gasteiger charge is 2.36. The number of nitrogens with zero attached hydrogens (tertiary/aromatic N) is 7. The number of piperazine rings is 1. The van der Waals surface area contributed by atoms with Crippen molar-refractivity contribution in [1.29, 1.82) is 5.26 Å². The first-order chi connectivity index (χ1) is 20.4. The first-order valence-electron chi connectivity index (χ1n) is 14.8. The Labute approximate surface area is 249 Å². The molecule has 2 atom stereocenters. The minimum atomic E-state index is -0.232.